The van der Waals surface area contributed by atoms with Crippen molar-refractivity contribution >= 4 is 35.8 Å². The second-order valence-corrected chi connectivity index (χ2v) is 13.4. The minimum atomic E-state index is -0.731. The van der Waals surface area contributed by atoms with Gasteiger partial charge in [0.2, 0.25) is 0 Å². The Kier molecular flexibility index (Phi) is 8.25. The summed E-state index contributed by atoms with van der Waals surface area (Å²) < 4.78 is 0. The second-order valence-electron chi connectivity index (χ2n) is 13.4. The highest BCUT2D eigenvalue weighted by Gasteiger charge is 2.59. The zero-order valence-corrected chi connectivity index (χ0v) is 26.5. The summed E-state index contributed by atoms with van der Waals surface area (Å²) in [5, 5.41) is 2.91. The standard InChI is InChI=1S/C13H23N3O2.2C7H12N2O2/c1-11(2)7-13(8-12(3,4)16(11)6)9(17)15(5)10(18)14-13;2*1-7(2)5(10)8(3)6(11)9(7)4/h7-8H2,1-6H3,(H,14,18);2*1-4H3. The summed E-state index contributed by atoms with van der Waals surface area (Å²) in [4.78, 5) is 77.7. The van der Waals surface area contributed by atoms with Gasteiger partial charge in [-0.1, -0.05) is 0 Å². The molecule has 0 atom stereocenters. The van der Waals surface area contributed by atoms with E-state index in [0.717, 1.165) is 9.80 Å². The first-order chi connectivity index (χ1) is 17.8. The summed E-state index contributed by atoms with van der Waals surface area (Å²) in [6.07, 6.45) is 1.30. The fourth-order valence-electron chi connectivity index (χ4n) is 5.80. The molecule has 0 saturated carbocycles. The van der Waals surface area contributed by atoms with Crippen molar-refractivity contribution in [2.45, 2.75) is 95.9 Å². The van der Waals surface area contributed by atoms with Crippen LogP contribution in [0.2, 0.25) is 0 Å². The molecule has 4 aliphatic heterocycles. The molecule has 0 unspecified atom stereocenters. The maximum atomic E-state index is 12.4. The molecule has 13 nitrogen and oxygen atoms in total. The van der Waals surface area contributed by atoms with Crippen LogP contribution < -0.4 is 5.32 Å². The van der Waals surface area contributed by atoms with Crippen molar-refractivity contribution in [1.29, 1.82) is 0 Å². The van der Waals surface area contributed by atoms with Crippen LogP contribution in [-0.2, 0) is 14.4 Å². The molecule has 4 saturated heterocycles. The van der Waals surface area contributed by atoms with Crippen LogP contribution in [0.3, 0.4) is 0 Å². The van der Waals surface area contributed by atoms with Crippen LogP contribution in [0, 0.1) is 0 Å². The first kappa shape index (κ1) is 33.0. The van der Waals surface area contributed by atoms with Crippen molar-refractivity contribution in [3.8, 4) is 0 Å². The van der Waals surface area contributed by atoms with E-state index in [0.29, 0.717) is 12.8 Å². The molecule has 0 radical (unpaired) electrons. The molecule has 4 fully saturated rings. The van der Waals surface area contributed by atoms with Crippen molar-refractivity contribution in [2.24, 2.45) is 0 Å². The Hall–Kier alpha value is -3.22. The van der Waals surface area contributed by atoms with Crippen LogP contribution in [0.15, 0.2) is 0 Å². The van der Waals surface area contributed by atoms with E-state index in [4.69, 9.17) is 0 Å². The maximum absolute atomic E-state index is 12.4. The minimum Gasteiger partial charge on any atom is -0.323 e. The number of rotatable bonds is 0. The van der Waals surface area contributed by atoms with Crippen LogP contribution in [-0.4, -0.2) is 135 Å². The summed E-state index contributed by atoms with van der Waals surface area (Å²) in [7, 11) is 9.88. The summed E-state index contributed by atoms with van der Waals surface area (Å²) in [6, 6.07) is -0.754. The zero-order valence-electron chi connectivity index (χ0n) is 26.5. The van der Waals surface area contributed by atoms with Crippen molar-refractivity contribution in [3.63, 3.8) is 0 Å². The Morgan fingerprint density at radius 2 is 0.850 bits per heavy atom. The molecule has 4 aliphatic rings. The normalized spacial score (nSPS) is 26.2. The molecule has 0 bridgehead atoms. The highest BCUT2D eigenvalue weighted by atomic mass is 16.2. The van der Waals surface area contributed by atoms with E-state index in [1.54, 1.807) is 48.8 Å². The highest BCUT2D eigenvalue weighted by molar-refractivity contribution is 6.07. The molecule has 0 aromatic carbocycles. The molecular formula is C27H47N7O6. The Morgan fingerprint density at radius 3 is 1.02 bits per heavy atom. The Balaban J connectivity index is 0.000000222. The average Bonchev–Trinajstić information content (AvgIpc) is 3.18. The van der Waals surface area contributed by atoms with Gasteiger partial charge >= 0.3 is 18.1 Å². The molecule has 0 aliphatic carbocycles. The molecule has 4 heterocycles. The lowest BCUT2D eigenvalue weighted by molar-refractivity contribution is -0.138. The van der Waals surface area contributed by atoms with E-state index >= 15 is 0 Å². The van der Waals surface area contributed by atoms with Gasteiger partial charge in [-0.3, -0.25) is 34.0 Å². The number of urea groups is 3. The van der Waals surface area contributed by atoms with Gasteiger partial charge in [0, 0.05) is 46.3 Å². The maximum Gasteiger partial charge on any atom is 0.327 e. The first-order valence-electron chi connectivity index (χ1n) is 13.3. The van der Waals surface area contributed by atoms with Gasteiger partial charge in [-0.05, 0) is 75.3 Å². The van der Waals surface area contributed by atoms with Gasteiger partial charge < -0.3 is 15.1 Å². The number of likely N-dealkylation sites (tertiary alicyclic amines) is 1. The summed E-state index contributed by atoms with van der Waals surface area (Å²) in [5.41, 5.74) is -2.34. The predicted octanol–water partition coefficient (Wildman–Crippen LogP) is 1.77. The molecule has 9 amide bonds. The SMILES string of the molecule is CN1C(=O)N(C)C(C)(C)C1=O.CN1C(=O)N(C)C(C)(C)C1=O.CN1C(=O)NC2(CC(C)(C)N(C)C(C)(C)C2)C1=O. The van der Waals surface area contributed by atoms with E-state index in [1.165, 1.54) is 28.8 Å². The third-order valence-corrected chi connectivity index (χ3v) is 9.13. The van der Waals surface area contributed by atoms with E-state index in [9.17, 15) is 28.8 Å². The smallest absolute Gasteiger partial charge is 0.323 e. The number of amides is 9. The summed E-state index contributed by atoms with van der Waals surface area (Å²) in [5.74, 6) is -0.392. The van der Waals surface area contributed by atoms with Crippen molar-refractivity contribution in [2.75, 3.05) is 42.3 Å². The quantitative estimate of drug-likeness (QED) is 0.443. The van der Waals surface area contributed by atoms with E-state index in [1.807, 2.05) is 0 Å². The fraction of sp³-hybridized carbons (Fsp3) is 0.778. The van der Waals surface area contributed by atoms with Gasteiger partial charge in [0.25, 0.3) is 17.7 Å². The number of nitrogens with zero attached hydrogens (tertiary/aromatic N) is 6. The van der Waals surface area contributed by atoms with Crippen LogP contribution in [0.25, 0.3) is 0 Å². The number of hydrogen-bond donors (Lipinski definition) is 1. The number of hydrogen-bond acceptors (Lipinski definition) is 7. The number of imide groups is 3. The summed E-state index contributed by atoms with van der Waals surface area (Å²) in [6.45, 7) is 15.4. The number of nitrogens with one attached hydrogen (secondary N) is 1. The van der Waals surface area contributed by atoms with E-state index in [2.05, 4.69) is 45.0 Å². The zero-order chi connectivity index (χ0) is 31.5. The molecule has 4 rings (SSSR count). The van der Waals surface area contributed by atoms with E-state index < -0.39 is 16.6 Å². The molecule has 226 valence electrons. The van der Waals surface area contributed by atoms with E-state index in [-0.39, 0.29) is 46.9 Å². The second kappa shape index (κ2) is 10.0. The molecule has 40 heavy (non-hydrogen) atoms. The lowest BCUT2D eigenvalue weighted by Gasteiger charge is -2.56. The topological polar surface area (TPSA) is 134 Å². The number of carbonyl (C=O) groups excluding carboxylic acids is 6. The predicted molar refractivity (Wildman–Crippen MR) is 149 cm³/mol. The Morgan fingerprint density at radius 1 is 0.525 bits per heavy atom. The first-order valence-corrected chi connectivity index (χ1v) is 13.3. The molecule has 1 spiro atoms. The molecule has 13 heteroatoms. The average molecular weight is 566 g/mol. The number of piperidine rings is 1. The van der Waals surface area contributed by atoms with Gasteiger partial charge in [-0.15, -0.1) is 0 Å². The number of likely N-dealkylation sites (N-methyl/N-ethyl adjacent to an activating group) is 5. The van der Waals surface area contributed by atoms with Crippen LogP contribution in [0.1, 0.15) is 68.2 Å². The lowest BCUT2D eigenvalue weighted by atomic mass is 9.69. The number of carbonyl (C=O) groups is 6. The van der Waals surface area contributed by atoms with Crippen LogP contribution >= 0.6 is 0 Å². The molecule has 1 N–H and O–H groups in total. The van der Waals surface area contributed by atoms with Gasteiger partial charge in [0.05, 0.1) is 0 Å². The third kappa shape index (κ3) is 5.15. The van der Waals surface area contributed by atoms with Gasteiger partial charge in [-0.25, -0.2) is 14.4 Å². The largest absolute Gasteiger partial charge is 0.327 e. The van der Waals surface area contributed by atoms with Crippen molar-refractivity contribution in [1.82, 2.24) is 34.7 Å². The van der Waals surface area contributed by atoms with Gasteiger partial charge in [0.1, 0.15) is 16.6 Å². The lowest BCUT2D eigenvalue weighted by Crippen LogP contribution is -2.68. The van der Waals surface area contributed by atoms with Crippen LogP contribution in [0.5, 0.6) is 0 Å². The molecular weight excluding hydrogens is 518 g/mol. The van der Waals surface area contributed by atoms with Crippen LogP contribution in [0.4, 0.5) is 14.4 Å². The molecule has 0 aromatic heterocycles. The van der Waals surface area contributed by atoms with Gasteiger partial charge in [-0.2, -0.15) is 0 Å². The third-order valence-electron chi connectivity index (χ3n) is 9.13. The molecule has 0 aromatic rings. The van der Waals surface area contributed by atoms with Crippen molar-refractivity contribution in [3.05, 3.63) is 0 Å². The monoisotopic (exact) mass is 565 g/mol. The Bertz CT molecular complexity index is 1060. The minimum absolute atomic E-state index is 0.0956. The fourth-order valence-corrected chi connectivity index (χ4v) is 5.80. The highest BCUT2D eigenvalue weighted by Crippen LogP contribution is 2.44. The van der Waals surface area contributed by atoms with Crippen molar-refractivity contribution < 1.29 is 28.8 Å². The Labute approximate surface area is 237 Å². The van der Waals surface area contributed by atoms with Gasteiger partial charge in [0.15, 0.2) is 0 Å². The summed E-state index contributed by atoms with van der Waals surface area (Å²) >= 11 is 0.